The van der Waals surface area contributed by atoms with Gasteiger partial charge in [0.1, 0.15) is 24.6 Å². The molecule has 2 fully saturated rings. The van der Waals surface area contributed by atoms with Crippen LogP contribution >= 0.6 is 0 Å². The highest BCUT2D eigenvalue weighted by Crippen LogP contribution is 2.45. The Morgan fingerprint density at radius 1 is 1.42 bits per heavy atom. The van der Waals surface area contributed by atoms with Crippen molar-refractivity contribution in [1.29, 1.82) is 0 Å². The molecule has 142 valence electrons. The van der Waals surface area contributed by atoms with Crippen molar-refractivity contribution >= 4 is 5.97 Å². The predicted molar refractivity (Wildman–Crippen MR) is 87.3 cm³/mol. The Labute approximate surface area is 149 Å². The minimum absolute atomic E-state index is 0.0503. The zero-order valence-electron chi connectivity index (χ0n) is 14.3. The Hall–Kier alpha value is -2.02. The van der Waals surface area contributed by atoms with E-state index >= 15 is 0 Å². The molecule has 3 unspecified atom stereocenters. The van der Waals surface area contributed by atoms with E-state index in [-0.39, 0.29) is 36.3 Å². The molecule has 0 spiro atoms. The summed E-state index contributed by atoms with van der Waals surface area (Å²) < 4.78 is 48.6. The number of rotatable bonds is 5. The molecule has 0 amide bonds. The van der Waals surface area contributed by atoms with Gasteiger partial charge in [-0.1, -0.05) is 25.1 Å². The fraction of sp³-hybridized carbons (Fsp3) is 0.526. The Bertz CT molecular complexity index is 686. The largest absolute Gasteiger partial charge is 0.491 e. The SMILES string of the molecule is CC1CC2OC(=O)CC2[C@H]1/C=C/[C@@H](O)COc1cccc(C(F)(F)F)c1. The zero-order chi connectivity index (χ0) is 18.9. The number of ether oxygens (including phenoxy) is 2. The Morgan fingerprint density at radius 2 is 2.19 bits per heavy atom. The summed E-state index contributed by atoms with van der Waals surface area (Å²) >= 11 is 0. The first-order valence-corrected chi connectivity index (χ1v) is 8.60. The van der Waals surface area contributed by atoms with E-state index in [4.69, 9.17) is 9.47 Å². The maximum absolute atomic E-state index is 12.7. The zero-order valence-corrected chi connectivity index (χ0v) is 14.3. The normalized spacial score (nSPS) is 29.7. The van der Waals surface area contributed by atoms with Crippen molar-refractivity contribution in [2.45, 2.75) is 38.1 Å². The monoisotopic (exact) mass is 370 g/mol. The lowest BCUT2D eigenvalue weighted by Crippen LogP contribution is -2.18. The summed E-state index contributed by atoms with van der Waals surface area (Å²) in [6.45, 7) is 1.93. The second kappa shape index (κ2) is 7.31. The van der Waals surface area contributed by atoms with Crippen molar-refractivity contribution in [3.63, 3.8) is 0 Å². The van der Waals surface area contributed by atoms with Gasteiger partial charge in [0.05, 0.1) is 12.0 Å². The molecule has 4 nitrogen and oxygen atoms in total. The second-order valence-electron chi connectivity index (χ2n) is 6.98. The van der Waals surface area contributed by atoms with Crippen molar-refractivity contribution in [1.82, 2.24) is 0 Å². The summed E-state index contributed by atoms with van der Waals surface area (Å²) in [5, 5.41) is 10.0. The number of carbonyl (C=O) groups excluding carboxylic acids is 1. The summed E-state index contributed by atoms with van der Waals surface area (Å²) in [5.74, 6) is 0.473. The number of hydrogen-bond donors (Lipinski definition) is 1. The van der Waals surface area contributed by atoms with Crippen LogP contribution in [0, 0.1) is 17.8 Å². The van der Waals surface area contributed by atoms with Gasteiger partial charge in [0.15, 0.2) is 0 Å². The lowest BCUT2D eigenvalue weighted by atomic mass is 9.88. The maximum Gasteiger partial charge on any atom is 0.416 e. The van der Waals surface area contributed by atoms with Crippen LogP contribution in [0.25, 0.3) is 0 Å². The second-order valence-corrected chi connectivity index (χ2v) is 6.98. The number of halogens is 3. The van der Waals surface area contributed by atoms with Crippen molar-refractivity contribution in [2.24, 2.45) is 17.8 Å². The van der Waals surface area contributed by atoms with Crippen LogP contribution in [0.15, 0.2) is 36.4 Å². The summed E-state index contributed by atoms with van der Waals surface area (Å²) in [6, 6.07) is 4.54. The van der Waals surface area contributed by atoms with Crippen LogP contribution in [0.4, 0.5) is 13.2 Å². The highest BCUT2D eigenvalue weighted by atomic mass is 19.4. The first kappa shape index (κ1) is 18.8. The van der Waals surface area contributed by atoms with Crippen LogP contribution in [-0.2, 0) is 15.7 Å². The molecule has 1 aliphatic heterocycles. The minimum atomic E-state index is -4.44. The molecule has 0 radical (unpaired) electrons. The first-order chi connectivity index (χ1) is 12.2. The number of carbonyl (C=O) groups is 1. The quantitative estimate of drug-likeness (QED) is 0.636. The van der Waals surface area contributed by atoms with E-state index in [0.29, 0.717) is 12.3 Å². The maximum atomic E-state index is 12.7. The van der Waals surface area contributed by atoms with Gasteiger partial charge in [-0.05, 0) is 36.5 Å². The lowest BCUT2D eigenvalue weighted by molar-refractivity contribution is -0.141. The average Bonchev–Trinajstić information content (AvgIpc) is 3.05. The number of benzene rings is 1. The van der Waals surface area contributed by atoms with E-state index in [2.05, 4.69) is 6.92 Å². The van der Waals surface area contributed by atoms with Gasteiger partial charge >= 0.3 is 12.1 Å². The number of allylic oxidation sites excluding steroid dienone is 1. The summed E-state index contributed by atoms with van der Waals surface area (Å²) in [5.41, 5.74) is -0.795. The van der Waals surface area contributed by atoms with E-state index in [0.717, 1.165) is 18.6 Å². The first-order valence-electron chi connectivity index (χ1n) is 8.60. The molecule has 1 aromatic rings. The molecule has 1 saturated carbocycles. The number of hydrogen-bond acceptors (Lipinski definition) is 4. The topological polar surface area (TPSA) is 55.8 Å². The van der Waals surface area contributed by atoms with Gasteiger partial charge in [-0.2, -0.15) is 13.2 Å². The molecule has 3 rings (SSSR count). The van der Waals surface area contributed by atoms with Gasteiger partial charge in [0.2, 0.25) is 0 Å². The molecule has 26 heavy (non-hydrogen) atoms. The summed E-state index contributed by atoms with van der Waals surface area (Å²) in [4.78, 5) is 11.4. The van der Waals surface area contributed by atoms with Crippen molar-refractivity contribution in [2.75, 3.05) is 6.61 Å². The third-order valence-electron chi connectivity index (χ3n) is 5.06. The average molecular weight is 370 g/mol. The molecule has 1 aliphatic carbocycles. The predicted octanol–water partition coefficient (Wildman–Crippen LogP) is 3.59. The molecule has 1 aromatic carbocycles. The van der Waals surface area contributed by atoms with Crippen molar-refractivity contribution in [3.8, 4) is 5.75 Å². The van der Waals surface area contributed by atoms with Crippen LogP contribution in [0.2, 0.25) is 0 Å². The standard InChI is InChI=1S/C19H21F3O4/c1-11-7-17-16(9-18(24)26-17)15(11)6-5-13(23)10-25-14-4-2-3-12(8-14)19(20,21)22/h2-6,8,11,13,15-17,23H,7,9-10H2,1H3/b6-5+/t11?,13-,15+,16?,17?/m1/s1. The van der Waals surface area contributed by atoms with Gasteiger partial charge < -0.3 is 14.6 Å². The third kappa shape index (κ3) is 4.20. The van der Waals surface area contributed by atoms with Crippen molar-refractivity contribution in [3.05, 3.63) is 42.0 Å². The highest BCUT2D eigenvalue weighted by Gasteiger charge is 2.47. The van der Waals surface area contributed by atoms with Gasteiger partial charge in [-0.15, -0.1) is 0 Å². The van der Waals surface area contributed by atoms with E-state index in [1.165, 1.54) is 12.1 Å². The molecule has 7 heteroatoms. The molecule has 2 aliphatic rings. The molecular formula is C19H21F3O4. The molecular weight excluding hydrogens is 349 g/mol. The molecule has 1 saturated heterocycles. The van der Waals surface area contributed by atoms with Gasteiger partial charge in [-0.3, -0.25) is 4.79 Å². The fourth-order valence-electron chi connectivity index (χ4n) is 3.77. The van der Waals surface area contributed by atoms with Crippen LogP contribution in [0.1, 0.15) is 25.3 Å². The molecule has 0 aromatic heterocycles. The van der Waals surface area contributed by atoms with Crippen LogP contribution < -0.4 is 4.74 Å². The van der Waals surface area contributed by atoms with E-state index in [9.17, 15) is 23.1 Å². The number of alkyl halides is 3. The Morgan fingerprint density at radius 3 is 2.92 bits per heavy atom. The van der Waals surface area contributed by atoms with Crippen LogP contribution in [0.5, 0.6) is 5.75 Å². The smallest absolute Gasteiger partial charge is 0.416 e. The fourth-order valence-corrected chi connectivity index (χ4v) is 3.77. The van der Waals surface area contributed by atoms with E-state index in [1.54, 1.807) is 6.08 Å². The van der Waals surface area contributed by atoms with Crippen molar-refractivity contribution < 1.29 is 32.5 Å². The molecule has 1 heterocycles. The molecule has 5 atom stereocenters. The highest BCUT2D eigenvalue weighted by molar-refractivity contribution is 5.72. The molecule has 0 bridgehead atoms. The number of aliphatic hydroxyl groups excluding tert-OH is 1. The summed E-state index contributed by atoms with van der Waals surface area (Å²) in [6.07, 6.45) is -0.784. The number of fused-ring (bicyclic) bond motifs is 1. The van der Waals surface area contributed by atoms with E-state index < -0.39 is 17.8 Å². The Kier molecular flexibility index (Phi) is 5.27. The lowest BCUT2D eigenvalue weighted by Gasteiger charge is -2.16. The summed E-state index contributed by atoms with van der Waals surface area (Å²) in [7, 11) is 0. The minimum Gasteiger partial charge on any atom is -0.491 e. The van der Waals surface area contributed by atoms with Crippen LogP contribution in [-0.4, -0.2) is 29.9 Å². The molecule has 1 N–H and O–H groups in total. The van der Waals surface area contributed by atoms with Gasteiger partial charge in [0, 0.05) is 5.92 Å². The van der Waals surface area contributed by atoms with Gasteiger partial charge in [-0.25, -0.2) is 0 Å². The Balaban J connectivity index is 1.55. The number of esters is 1. The van der Waals surface area contributed by atoms with Crippen LogP contribution in [0.3, 0.4) is 0 Å². The van der Waals surface area contributed by atoms with E-state index in [1.807, 2.05) is 6.08 Å². The van der Waals surface area contributed by atoms with Gasteiger partial charge in [0.25, 0.3) is 0 Å². The third-order valence-corrected chi connectivity index (χ3v) is 5.06. The number of aliphatic hydroxyl groups is 1.